The first-order valence-electron chi connectivity index (χ1n) is 6.13. The molecule has 0 saturated carbocycles. The Labute approximate surface area is 108 Å². The summed E-state index contributed by atoms with van der Waals surface area (Å²) < 4.78 is 0. The lowest BCUT2D eigenvalue weighted by Crippen LogP contribution is -2.41. The predicted octanol–water partition coefficient (Wildman–Crippen LogP) is 1.67. The summed E-state index contributed by atoms with van der Waals surface area (Å²) in [5.74, 6) is -0.0816. The van der Waals surface area contributed by atoms with Crippen molar-refractivity contribution in [1.82, 2.24) is 10.2 Å². The van der Waals surface area contributed by atoms with Gasteiger partial charge >= 0.3 is 0 Å². The maximum Gasteiger partial charge on any atom is 0.251 e. The van der Waals surface area contributed by atoms with Crippen LogP contribution in [0.1, 0.15) is 31.1 Å². The minimum absolute atomic E-state index is 0.0268. The molecule has 1 rings (SSSR count). The zero-order valence-electron chi connectivity index (χ0n) is 11.1. The number of benzene rings is 1. The highest BCUT2D eigenvalue weighted by atomic mass is 16.2. The van der Waals surface area contributed by atoms with E-state index in [1.54, 1.807) is 24.0 Å². The van der Waals surface area contributed by atoms with E-state index in [2.05, 4.69) is 5.32 Å². The highest BCUT2D eigenvalue weighted by Crippen LogP contribution is 1.99. The predicted molar refractivity (Wildman–Crippen MR) is 71.3 cm³/mol. The summed E-state index contributed by atoms with van der Waals surface area (Å²) in [6.07, 6.45) is 0. The fraction of sp³-hybridized carbons (Fsp3) is 0.429. The highest BCUT2D eigenvalue weighted by molar-refractivity contribution is 5.94. The van der Waals surface area contributed by atoms with Gasteiger partial charge in [-0.3, -0.25) is 9.59 Å². The van der Waals surface area contributed by atoms with E-state index in [1.807, 2.05) is 32.0 Å². The number of nitrogens with zero attached hydrogens (tertiary/aromatic N) is 1. The molecule has 4 heteroatoms. The maximum atomic E-state index is 11.8. The van der Waals surface area contributed by atoms with Crippen LogP contribution in [0.25, 0.3) is 0 Å². The minimum atomic E-state index is -0.108. The quantitative estimate of drug-likeness (QED) is 0.861. The van der Waals surface area contributed by atoms with Gasteiger partial charge in [0, 0.05) is 31.6 Å². The van der Waals surface area contributed by atoms with Gasteiger partial charge in [-0.2, -0.15) is 0 Å². The molecule has 98 valence electrons. The van der Waals surface area contributed by atoms with E-state index in [1.165, 1.54) is 0 Å². The van der Waals surface area contributed by atoms with E-state index >= 15 is 0 Å². The molecule has 1 aromatic carbocycles. The van der Waals surface area contributed by atoms with Gasteiger partial charge in [-0.05, 0) is 26.0 Å². The topological polar surface area (TPSA) is 49.4 Å². The van der Waals surface area contributed by atoms with Gasteiger partial charge in [0.1, 0.15) is 0 Å². The summed E-state index contributed by atoms with van der Waals surface area (Å²) in [5, 5.41) is 2.81. The first-order chi connectivity index (χ1) is 8.52. The SMILES string of the molecule is CC(=O)N(CCNC(=O)c1ccccc1)C(C)C. The van der Waals surface area contributed by atoms with Crippen molar-refractivity contribution in [1.29, 1.82) is 0 Å². The van der Waals surface area contributed by atoms with Crippen LogP contribution in [0.5, 0.6) is 0 Å². The molecule has 0 aliphatic rings. The molecule has 0 aliphatic carbocycles. The van der Waals surface area contributed by atoms with Gasteiger partial charge in [0.25, 0.3) is 5.91 Å². The fourth-order valence-corrected chi connectivity index (χ4v) is 1.76. The average Bonchev–Trinajstić information content (AvgIpc) is 2.34. The number of amides is 2. The first kappa shape index (κ1) is 14.2. The molecule has 4 nitrogen and oxygen atoms in total. The summed E-state index contributed by atoms with van der Waals surface area (Å²) in [5.41, 5.74) is 0.636. The van der Waals surface area contributed by atoms with Crippen LogP contribution in [0, 0.1) is 0 Å². The molecule has 0 spiro atoms. The molecule has 1 N–H and O–H groups in total. The number of rotatable bonds is 5. The molecule has 0 aromatic heterocycles. The van der Waals surface area contributed by atoms with Crippen LogP contribution in [-0.2, 0) is 4.79 Å². The molecular weight excluding hydrogens is 228 g/mol. The Bertz CT molecular complexity index is 402. The Balaban J connectivity index is 2.42. The van der Waals surface area contributed by atoms with Crippen molar-refractivity contribution < 1.29 is 9.59 Å². The van der Waals surface area contributed by atoms with Crippen molar-refractivity contribution in [2.45, 2.75) is 26.8 Å². The normalized spacial score (nSPS) is 10.2. The molecule has 2 amide bonds. The zero-order valence-corrected chi connectivity index (χ0v) is 11.1. The van der Waals surface area contributed by atoms with Crippen LogP contribution in [0.15, 0.2) is 30.3 Å². The number of hydrogen-bond acceptors (Lipinski definition) is 2. The van der Waals surface area contributed by atoms with Crippen LogP contribution in [0.4, 0.5) is 0 Å². The second kappa shape index (κ2) is 6.79. The van der Waals surface area contributed by atoms with Gasteiger partial charge < -0.3 is 10.2 Å². The Morgan fingerprint density at radius 1 is 1.22 bits per heavy atom. The molecular formula is C14H20N2O2. The van der Waals surface area contributed by atoms with Crippen molar-refractivity contribution in [2.75, 3.05) is 13.1 Å². The standard InChI is InChI=1S/C14H20N2O2/c1-11(2)16(12(3)17)10-9-15-14(18)13-7-5-4-6-8-13/h4-8,11H,9-10H2,1-3H3,(H,15,18). The van der Waals surface area contributed by atoms with E-state index in [0.717, 1.165) is 0 Å². The number of hydrogen-bond donors (Lipinski definition) is 1. The summed E-state index contributed by atoms with van der Waals surface area (Å²) in [6.45, 7) is 6.46. The van der Waals surface area contributed by atoms with Gasteiger partial charge in [-0.1, -0.05) is 18.2 Å². The van der Waals surface area contributed by atoms with Crippen molar-refractivity contribution in [2.24, 2.45) is 0 Å². The first-order valence-corrected chi connectivity index (χ1v) is 6.13. The van der Waals surface area contributed by atoms with Gasteiger partial charge in [0.05, 0.1) is 0 Å². The third kappa shape index (κ3) is 4.20. The number of nitrogens with one attached hydrogen (secondary N) is 1. The van der Waals surface area contributed by atoms with Gasteiger partial charge in [-0.15, -0.1) is 0 Å². The van der Waals surface area contributed by atoms with Crippen molar-refractivity contribution in [3.8, 4) is 0 Å². The minimum Gasteiger partial charge on any atom is -0.350 e. The van der Waals surface area contributed by atoms with Crippen LogP contribution in [0.3, 0.4) is 0 Å². The van der Waals surface area contributed by atoms with E-state index in [0.29, 0.717) is 18.7 Å². The molecule has 0 fully saturated rings. The highest BCUT2D eigenvalue weighted by Gasteiger charge is 2.12. The van der Waals surface area contributed by atoms with E-state index in [-0.39, 0.29) is 17.9 Å². The van der Waals surface area contributed by atoms with Gasteiger partial charge in [-0.25, -0.2) is 0 Å². The number of carbonyl (C=O) groups excluding carboxylic acids is 2. The summed E-state index contributed by atoms with van der Waals surface area (Å²) in [6, 6.07) is 9.19. The van der Waals surface area contributed by atoms with Crippen LogP contribution in [0.2, 0.25) is 0 Å². The summed E-state index contributed by atoms with van der Waals surface area (Å²) in [4.78, 5) is 24.8. The lowest BCUT2D eigenvalue weighted by atomic mass is 10.2. The Morgan fingerprint density at radius 3 is 2.33 bits per heavy atom. The zero-order chi connectivity index (χ0) is 13.5. The van der Waals surface area contributed by atoms with Crippen molar-refractivity contribution in [3.05, 3.63) is 35.9 Å². The lowest BCUT2D eigenvalue weighted by molar-refractivity contribution is -0.130. The molecule has 18 heavy (non-hydrogen) atoms. The number of carbonyl (C=O) groups is 2. The van der Waals surface area contributed by atoms with Crippen molar-refractivity contribution >= 4 is 11.8 Å². The van der Waals surface area contributed by atoms with E-state index in [9.17, 15) is 9.59 Å². The van der Waals surface area contributed by atoms with Crippen molar-refractivity contribution in [3.63, 3.8) is 0 Å². The summed E-state index contributed by atoms with van der Waals surface area (Å²) >= 11 is 0. The van der Waals surface area contributed by atoms with Crippen LogP contribution < -0.4 is 5.32 Å². The second-order valence-electron chi connectivity index (χ2n) is 4.43. The lowest BCUT2D eigenvalue weighted by Gasteiger charge is -2.25. The molecule has 0 radical (unpaired) electrons. The molecule has 0 unspecified atom stereocenters. The Morgan fingerprint density at radius 2 is 1.83 bits per heavy atom. The van der Waals surface area contributed by atoms with E-state index in [4.69, 9.17) is 0 Å². The van der Waals surface area contributed by atoms with E-state index < -0.39 is 0 Å². The third-order valence-electron chi connectivity index (χ3n) is 2.70. The maximum absolute atomic E-state index is 11.8. The third-order valence-corrected chi connectivity index (χ3v) is 2.70. The second-order valence-corrected chi connectivity index (χ2v) is 4.43. The largest absolute Gasteiger partial charge is 0.350 e. The Kier molecular flexibility index (Phi) is 5.36. The van der Waals surface area contributed by atoms with Gasteiger partial charge in [0.15, 0.2) is 0 Å². The molecule has 0 saturated heterocycles. The van der Waals surface area contributed by atoms with Crippen LogP contribution >= 0.6 is 0 Å². The molecule has 1 aromatic rings. The monoisotopic (exact) mass is 248 g/mol. The van der Waals surface area contributed by atoms with Gasteiger partial charge in [0.2, 0.25) is 5.91 Å². The fourth-order valence-electron chi connectivity index (χ4n) is 1.76. The van der Waals surface area contributed by atoms with Crippen LogP contribution in [-0.4, -0.2) is 35.8 Å². The molecule has 0 bridgehead atoms. The Hall–Kier alpha value is -1.84. The molecule has 0 aliphatic heterocycles. The smallest absolute Gasteiger partial charge is 0.251 e. The molecule has 0 atom stereocenters. The average molecular weight is 248 g/mol. The molecule has 0 heterocycles. The summed E-state index contributed by atoms with van der Waals surface area (Å²) in [7, 11) is 0.